The molecule has 8 heteroatoms. The third-order valence-corrected chi connectivity index (χ3v) is 5.81. The lowest BCUT2D eigenvalue weighted by atomic mass is 9.94. The van der Waals surface area contributed by atoms with Crippen molar-refractivity contribution in [1.82, 2.24) is 9.88 Å². The molecule has 1 aliphatic heterocycles. The van der Waals surface area contributed by atoms with E-state index in [9.17, 15) is 14.7 Å². The van der Waals surface area contributed by atoms with Crippen LogP contribution < -0.4 is 9.47 Å². The largest absolute Gasteiger partial charge is 0.507 e. The van der Waals surface area contributed by atoms with Gasteiger partial charge in [-0.1, -0.05) is 29.8 Å². The van der Waals surface area contributed by atoms with Crippen LogP contribution in [0.25, 0.3) is 5.76 Å². The molecule has 1 fully saturated rings. The molecule has 1 amide bonds. The van der Waals surface area contributed by atoms with Crippen molar-refractivity contribution < 1.29 is 24.2 Å². The molecule has 2 heterocycles. The summed E-state index contributed by atoms with van der Waals surface area (Å²) in [5, 5.41) is 11.6. The number of ketones is 1. The Balaban J connectivity index is 1.91. The number of hydrogen-bond donors (Lipinski definition) is 1. The number of methoxy groups -OCH3 is 2. The maximum absolute atomic E-state index is 13.2. The Morgan fingerprint density at radius 1 is 1.03 bits per heavy atom. The van der Waals surface area contributed by atoms with Gasteiger partial charge in [-0.05, 0) is 42.0 Å². The second kappa shape index (κ2) is 9.34. The van der Waals surface area contributed by atoms with Crippen LogP contribution in [0, 0.1) is 0 Å². The SMILES string of the molecule is COc1cc(/C(O)=C2\C(=O)C(=O)N(Cc3ccncc3)C2c2ccccc2OC)ccc1Cl. The van der Waals surface area contributed by atoms with E-state index in [1.807, 2.05) is 0 Å². The van der Waals surface area contributed by atoms with Crippen LogP contribution in [-0.4, -0.2) is 40.9 Å². The summed E-state index contributed by atoms with van der Waals surface area (Å²) in [6.07, 6.45) is 3.23. The van der Waals surface area contributed by atoms with Crippen LogP contribution in [0.4, 0.5) is 0 Å². The van der Waals surface area contributed by atoms with Crippen molar-refractivity contribution in [3.05, 3.63) is 94.3 Å². The van der Waals surface area contributed by atoms with Crippen molar-refractivity contribution in [2.45, 2.75) is 12.6 Å². The van der Waals surface area contributed by atoms with Crippen LogP contribution in [0.5, 0.6) is 11.5 Å². The number of ether oxygens (including phenoxy) is 2. The first kappa shape index (κ1) is 22.4. The van der Waals surface area contributed by atoms with Gasteiger partial charge in [0.1, 0.15) is 17.3 Å². The number of aromatic nitrogens is 1. The van der Waals surface area contributed by atoms with Gasteiger partial charge in [-0.3, -0.25) is 14.6 Å². The zero-order valence-corrected chi connectivity index (χ0v) is 18.7. The number of para-hydroxylation sites is 1. The van der Waals surface area contributed by atoms with Gasteiger partial charge in [0.15, 0.2) is 0 Å². The van der Waals surface area contributed by atoms with Crippen LogP contribution in [0.3, 0.4) is 0 Å². The summed E-state index contributed by atoms with van der Waals surface area (Å²) in [6, 6.07) is 14.4. The van der Waals surface area contributed by atoms with Crippen molar-refractivity contribution in [1.29, 1.82) is 0 Å². The Labute approximate surface area is 195 Å². The molecule has 33 heavy (non-hydrogen) atoms. The first-order chi connectivity index (χ1) is 16.0. The van der Waals surface area contributed by atoms with Crippen molar-refractivity contribution in [3.63, 3.8) is 0 Å². The maximum atomic E-state index is 13.2. The molecule has 1 aliphatic rings. The van der Waals surface area contributed by atoms with Gasteiger partial charge in [0.2, 0.25) is 0 Å². The molecule has 1 unspecified atom stereocenters. The fraction of sp³-hybridized carbons (Fsp3) is 0.160. The fourth-order valence-corrected chi connectivity index (χ4v) is 4.10. The summed E-state index contributed by atoms with van der Waals surface area (Å²) >= 11 is 6.12. The van der Waals surface area contributed by atoms with Gasteiger partial charge in [-0.2, -0.15) is 0 Å². The Kier molecular flexibility index (Phi) is 6.33. The number of carbonyl (C=O) groups is 2. The molecule has 3 aromatic rings. The highest BCUT2D eigenvalue weighted by Gasteiger charge is 2.47. The average molecular weight is 465 g/mol. The molecular weight excluding hydrogens is 444 g/mol. The predicted molar refractivity (Wildman–Crippen MR) is 123 cm³/mol. The molecule has 1 aromatic heterocycles. The maximum Gasteiger partial charge on any atom is 0.295 e. The molecule has 0 spiro atoms. The first-order valence-corrected chi connectivity index (χ1v) is 10.5. The predicted octanol–water partition coefficient (Wildman–Crippen LogP) is 4.37. The molecule has 0 saturated carbocycles. The zero-order valence-electron chi connectivity index (χ0n) is 18.0. The fourth-order valence-electron chi connectivity index (χ4n) is 3.91. The molecule has 0 bridgehead atoms. The van der Waals surface area contributed by atoms with Crippen molar-refractivity contribution in [2.24, 2.45) is 0 Å². The summed E-state index contributed by atoms with van der Waals surface area (Å²) in [7, 11) is 2.96. The Bertz CT molecular complexity index is 1240. The summed E-state index contributed by atoms with van der Waals surface area (Å²) in [4.78, 5) is 31.8. The Hall–Kier alpha value is -3.84. The van der Waals surface area contributed by atoms with Crippen LogP contribution in [0.15, 0.2) is 72.6 Å². The number of likely N-dealkylation sites (tertiary alicyclic amines) is 1. The number of aliphatic hydroxyl groups excluding tert-OH is 1. The summed E-state index contributed by atoms with van der Waals surface area (Å²) < 4.78 is 10.8. The lowest BCUT2D eigenvalue weighted by Gasteiger charge is -2.26. The molecule has 7 nitrogen and oxygen atoms in total. The minimum atomic E-state index is -0.865. The minimum absolute atomic E-state index is 0.0390. The van der Waals surface area contributed by atoms with Gasteiger partial charge in [-0.25, -0.2) is 0 Å². The van der Waals surface area contributed by atoms with E-state index in [0.29, 0.717) is 27.6 Å². The van der Waals surface area contributed by atoms with Crippen LogP contribution in [0.1, 0.15) is 22.7 Å². The van der Waals surface area contributed by atoms with Crippen LogP contribution in [0.2, 0.25) is 5.02 Å². The molecule has 1 atom stereocenters. The average Bonchev–Trinajstić information content (AvgIpc) is 3.09. The number of amides is 1. The van der Waals surface area contributed by atoms with E-state index in [1.165, 1.54) is 25.2 Å². The van der Waals surface area contributed by atoms with Gasteiger partial charge < -0.3 is 19.5 Å². The molecule has 0 radical (unpaired) electrons. The van der Waals surface area contributed by atoms with E-state index in [1.54, 1.807) is 60.9 Å². The normalized spacial score (nSPS) is 17.3. The second-order valence-corrected chi connectivity index (χ2v) is 7.78. The number of nitrogens with zero attached hydrogens (tertiary/aromatic N) is 2. The summed E-state index contributed by atoms with van der Waals surface area (Å²) in [6.45, 7) is 0.149. The molecule has 1 saturated heterocycles. The monoisotopic (exact) mass is 464 g/mol. The van der Waals surface area contributed by atoms with E-state index in [0.717, 1.165) is 5.56 Å². The number of benzene rings is 2. The molecule has 2 aromatic carbocycles. The molecule has 1 N–H and O–H groups in total. The first-order valence-electron chi connectivity index (χ1n) is 10.1. The second-order valence-electron chi connectivity index (χ2n) is 7.37. The number of Topliss-reactive ketones (excluding diaryl/α,β-unsaturated/α-hetero) is 1. The van der Waals surface area contributed by atoms with Gasteiger partial charge >= 0.3 is 0 Å². The van der Waals surface area contributed by atoms with E-state index < -0.39 is 17.7 Å². The van der Waals surface area contributed by atoms with Gasteiger partial charge in [0.25, 0.3) is 11.7 Å². The zero-order chi connectivity index (χ0) is 23.5. The van der Waals surface area contributed by atoms with Gasteiger partial charge in [0, 0.05) is 30.1 Å². The van der Waals surface area contributed by atoms with Crippen molar-refractivity contribution in [3.8, 4) is 11.5 Å². The van der Waals surface area contributed by atoms with Crippen molar-refractivity contribution >= 4 is 29.1 Å². The number of aliphatic hydroxyl groups is 1. The Morgan fingerprint density at radius 2 is 1.73 bits per heavy atom. The lowest BCUT2D eigenvalue weighted by Crippen LogP contribution is -2.29. The third-order valence-electron chi connectivity index (χ3n) is 5.50. The van der Waals surface area contributed by atoms with Crippen LogP contribution >= 0.6 is 11.6 Å². The van der Waals surface area contributed by atoms with E-state index >= 15 is 0 Å². The number of carbonyl (C=O) groups excluding carboxylic acids is 2. The number of hydrogen-bond acceptors (Lipinski definition) is 6. The minimum Gasteiger partial charge on any atom is -0.507 e. The number of rotatable bonds is 6. The molecule has 168 valence electrons. The molecular formula is C25H21ClN2O5. The third kappa shape index (κ3) is 4.15. The van der Waals surface area contributed by atoms with E-state index in [4.69, 9.17) is 21.1 Å². The highest BCUT2D eigenvalue weighted by Crippen LogP contribution is 2.43. The quantitative estimate of drug-likeness (QED) is 0.331. The number of pyridine rings is 1. The molecule has 4 rings (SSSR count). The summed E-state index contributed by atoms with van der Waals surface area (Å²) in [5.41, 5.74) is 1.64. The van der Waals surface area contributed by atoms with Gasteiger partial charge in [-0.15, -0.1) is 0 Å². The van der Waals surface area contributed by atoms with Crippen molar-refractivity contribution in [2.75, 3.05) is 14.2 Å². The van der Waals surface area contributed by atoms with E-state index in [2.05, 4.69) is 4.98 Å². The molecule has 0 aliphatic carbocycles. The highest BCUT2D eigenvalue weighted by molar-refractivity contribution is 6.46. The highest BCUT2D eigenvalue weighted by atomic mass is 35.5. The Morgan fingerprint density at radius 3 is 2.42 bits per heavy atom. The van der Waals surface area contributed by atoms with Crippen LogP contribution in [-0.2, 0) is 16.1 Å². The topological polar surface area (TPSA) is 89.0 Å². The summed E-state index contributed by atoms with van der Waals surface area (Å²) in [5.74, 6) is -1.00. The smallest absolute Gasteiger partial charge is 0.295 e. The van der Waals surface area contributed by atoms with Gasteiger partial charge in [0.05, 0.1) is 30.9 Å². The number of halogens is 1. The van der Waals surface area contributed by atoms with E-state index in [-0.39, 0.29) is 17.9 Å². The lowest BCUT2D eigenvalue weighted by molar-refractivity contribution is -0.140. The standard InChI is InChI=1S/C25H21ClN2O5/c1-32-19-6-4-3-5-17(19)22-21(23(29)16-7-8-18(26)20(13-16)33-2)24(30)25(31)28(22)14-15-9-11-27-12-10-15/h3-13,22,29H,14H2,1-2H3/b23-21+.